The first-order valence-corrected chi connectivity index (χ1v) is 12.0. The summed E-state index contributed by atoms with van der Waals surface area (Å²) in [6.07, 6.45) is 0. The van der Waals surface area contributed by atoms with Crippen LogP contribution in [0.3, 0.4) is 0 Å². The molecule has 0 bridgehead atoms. The lowest BCUT2D eigenvalue weighted by atomic mass is 10.1. The second-order valence-electron chi connectivity index (χ2n) is 7.10. The van der Waals surface area contributed by atoms with Gasteiger partial charge in [0.1, 0.15) is 15.7 Å². The number of hydrogen-bond acceptors (Lipinski definition) is 10. The Labute approximate surface area is 210 Å². The van der Waals surface area contributed by atoms with Crippen molar-refractivity contribution >= 4 is 51.0 Å². The summed E-state index contributed by atoms with van der Waals surface area (Å²) in [4.78, 5) is 21.6. The number of amides is 2. The van der Waals surface area contributed by atoms with Crippen molar-refractivity contribution in [2.24, 2.45) is 0 Å². The molecule has 2 heterocycles. The highest BCUT2D eigenvalue weighted by atomic mass is 32.1. The highest BCUT2D eigenvalue weighted by Gasteiger charge is 2.18. The molecular weight excluding hydrogens is 488 g/mol. The maximum Gasteiger partial charge on any atom is 0.318 e. The molecule has 182 valence electrons. The number of benzene rings is 2. The summed E-state index contributed by atoms with van der Waals surface area (Å²) in [7, 11) is 6.24. The molecule has 0 unspecified atom stereocenters. The van der Waals surface area contributed by atoms with Gasteiger partial charge in [0.05, 0.1) is 27.0 Å². The lowest BCUT2D eigenvalue weighted by Crippen LogP contribution is -2.24. The smallest absolute Gasteiger partial charge is 0.318 e. The van der Waals surface area contributed by atoms with E-state index >= 15 is 0 Å². The fourth-order valence-electron chi connectivity index (χ4n) is 3.28. The number of carbonyl (C=O) groups excluding carboxylic acids is 1. The van der Waals surface area contributed by atoms with Crippen LogP contribution in [-0.4, -0.2) is 44.4 Å². The van der Waals surface area contributed by atoms with E-state index in [0.717, 1.165) is 21.1 Å². The summed E-state index contributed by atoms with van der Waals surface area (Å²) in [6, 6.07) is 10.8. The maximum absolute atomic E-state index is 11.6. The van der Waals surface area contributed by atoms with Crippen LogP contribution in [0.5, 0.6) is 17.2 Å². The topological polar surface area (TPSA) is 133 Å². The maximum atomic E-state index is 11.6. The van der Waals surface area contributed by atoms with Crippen molar-refractivity contribution in [3.63, 3.8) is 0 Å². The molecule has 0 aliphatic rings. The molecule has 0 radical (unpaired) electrons. The monoisotopic (exact) mass is 512 g/mol. The largest absolute Gasteiger partial charge is 0.493 e. The summed E-state index contributed by atoms with van der Waals surface area (Å²) in [5.41, 5.74) is 9.26. The standard InChI is InChI=1S/C23H24N6O4S2/c1-25-22(30)26-13-7-5-6-12(8-13)15-11-34-21(28-15)19-20(24)29-23(35-19)27-14-9-16(31-2)18(33-4)17(10-14)32-3/h5-11H,24H2,1-4H3,(H,27,29)(H2,25,26,30). The number of carbonyl (C=O) groups is 1. The van der Waals surface area contributed by atoms with Gasteiger partial charge in [-0.15, -0.1) is 11.3 Å². The molecular formula is C23H24N6O4S2. The van der Waals surface area contributed by atoms with Gasteiger partial charge >= 0.3 is 6.03 Å². The number of nitrogens with two attached hydrogens (primary N) is 1. The van der Waals surface area contributed by atoms with Crippen LogP contribution in [0.15, 0.2) is 41.8 Å². The van der Waals surface area contributed by atoms with E-state index in [4.69, 9.17) is 24.9 Å². The fourth-order valence-corrected chi connectivity index (χ4v) is 5.11. The van der Waals surface area contributed by atoms with Crippen molar-refractivity contribution in [3.8, 4) is 38.4 Å². The van der Waals surface area contributed by atoms with E-state index in [0.29, 0.717) is 39.6 Å². The minimum absolute atomic E-state index is 0.286. The van der Waals surface area contributed by atoms with Crippen LogP contribution in [-0.2, 0) is 0 Å². The quantitative estimate of drug-likeness (QED) is 0.258. The lowest BCUT2D eigenvalue weighted by molar-refractivity contribution is 0.254. The summed E-state index contributed by atoms with van der Waals surface area (Å²) in [6.45, 7) is 0. The van der Waals surface area contributed by atoms with Crippen LogP contribution < -0.4 is 35.9 Å². The molecule has 10 nitrogen and oxygen atoms in total. The van der Waals surface area contributed by atoms with Crippen molar-refractivity contribution < 1.29 is 19.0 Å². The SMILES string of the molecule is CNC(=O)Nc1cccc(-c2csc(-c3sc(Nc4cc(OC)c(OC)c(OC)c4)nc3N)n2)c1. The predicted molar refractivity (Wildman–Crippen MR) is 141 cm³/mol. The number of anilines is 4. The lowest BCUT2D eigenvalue weighted by Gasteiger charge is -2.14. The third-order valence-corrected chi connectivity index (χ3v) is 6.89. The van der Waals surface area contributed by atoms with Crippen molar-refractivity contribution in [3.05, 3.63) is 41.8 Å². The van der Waals surface area contributed by atoms with Gasteiger partial charge in [0, 0.05) is 41.5 Å². The molecule has 4 aromatic rings. The Kier molecular flexibility index (Phi) is 7.22. The molecule has 12 heteroatoms. The van der Waals surface area contributed by atoms with Gasteiger partial charge in [-0.2, -0.15) is 0 Å². The minimum atomic E-state index is -0.286. The molecule has 2 aromatic carbocycles. The Morgan fingerprint density at radius 3 is 2.40 bits per heavy atom. The molecule has 4 rings (SSSR count). The number of thiazole rings is 2. The van der Waals surface area contributed by atoms with Gasteiger partial charge in [0.25, 0.3) is 0 Å². The number of hydrogen-bond donors (Lipinski definition) is 4. The Bertz CT molecular complexity index is 1330. The highest BCUT2D eigenvalue weighted by molar-refractivity contribution is 7.23. The molecule has 0 saturated heterocycles. The number of ether oxygens (including phenoxy) is 3. The van der Waals surface area contributed by atoms with Crippen LogP contribution in [0.2, 0.25) is 0 Å². The van der Waals surface area contributed by atoms with Crippen LogP contribution in [0, 0.1) is 0 Å². The highest BCUT2D eigenvalue weighted by Crippen LogP contribution is 2.43. The molecule has 0 atom stereocenters. The zero-order valence-electron chi connectivity index (χ0n) is 19.5. The number of urea groups is 1. The molecule has 0 saturated carbocycles. The first kappa shape index (κ1) is 24.1. The average molecular weight is 513 g/mol. The van der Waals surface area contributed by atoms with Crippen LogP contribution in [0.4, 0.5) is 27.1 Å². The van der Waals surface area contributed by atoms with Gasteiger partial charge in [-0.1, -0.05) is 23.5 Å². The van der Waals surface area contributed by atoms with Gasteiger partial charge < -0.3 is 35.9 Å². The second kappa shape index (κ2) is 10.5. The van der Waals surface area contributed by atoms with E-state index in [2.05, 4.69) is 20.9 Å². The zero-order chi connectivity index (χ0) is 24.9. The Hall–Kier alpha value is -4.03. The average Bonchev–Trinajstić information content (AvgIpc) is 3.50. The van der Waals surface area contributed by atoms with Gasteiger partial charge in [0.2, 0.25) is 5.75 Å². The Balaban J connectivity index is 1.58. The number of nitrogens with zero attached hydrogens (tertiary/aromatic N) is 2. The fraction of sp³-hybridized carbons (Fsp3) is 0.174. The van der Waals surface area contributed by atoms with Crippen molar-refractivity contribution in [1.82, 2.24) is 15.3 Å². The normalized spacial score (nSPS) is 10.5. The van der Waals surface area contributed by atoms with Gasteiger partial charge in [-0.25, -0.2) is 14.8 Å². The minimum Gasteiger partial charge on any atom is -0.493 e. The summed E-state index contributed by atoms with van der Waals surface area (Å²) >= 11 is 2.86. The molecule has 0 aliphatic heterocycles. The van der Waals surface area contributed by atoms with Crippen molar-refractivity contribution in [1.29, 1.82) is 0 Å². The van der Waals surface area contributed by atoms with E-state index in [1.54, 1.807) is 40.5 Å². The molecule has 5 N–H and O–H groups in total. The van der Waals surface area contributed by atoms with Crippen LogP contribution in [0.25, 0.3) is 21.1 Å². The van der Waals surface area contributed by atoms with Gasteiger partial charge in [-0.05, 0) is 12.1 Å². The van der Waals surface area contributed by atoms with Crippen molar-refractivity contribution in [2.45, 2.75) is 0 Å². The van der Waals surface area contributed by atoms with Crippen LogP contribution in [0.1, 0.15) is 0 Å². The Morgan fingerprint density at radius 2 is 1.74 bits per heavy atom. The van der Waals surface area contributed by atoms with E-state index in [-0.39, 0.29) is 6.03 Å². The number of nitrogens with one attached hydrogen (secondary N) is 3. The molecule has 0 aliphatic carbocycles. The summed E-state index contributed by atoms with van der Waals surface area (Å²) < 4.78 is 16.2. The number of aromatic nitrogens is 2. The third kappa shape index (κ3) is 5.23. The Morgan fingerprint density at radius 1 is 1.00 bits per heavy atom. The third-order valence-electron chi connectivity index (χ3n) is 4.91. The van der Waals surface area contributed by atoms with E-state index < -0.39 is 0 Å². The summed E-state index contributed by atoms with van der Waals surface area (Å²) in [5.74, 6) is 1.93. The first-order valence-electron chi connectivity index (χ1n) is 10.3. The number of nitrogen functional groups attached to an aromatic ring is 1. The number of rotatable bonds is 8. The van der Waals surface area contributed by atoms with E-state index in [9.17, 15) is 4.79 Å². The van der Waals surface area contributed by atoms with Crippen molar-refractivity contribution in [2.75, 3.05) is 44.7 Å². The number of methoxy groups -OCH3 is 3. The van der Waals surface area contributed by atoms with Gasteiger partial charge in [-0.3, -0.25) is 0 Å². The van der Waals surface area contributed by atoms with E-state index in [1.807, 2.05) is 29.6 Å². The van der Waals surface area contributed by atoms with Gasteiger partial charge in [0.15, 0.2) is 16.6 Å². The predicted octanol–water partition coefficient (Wildman–Crippen LogP) is 5.04. The summed E-state index contributed by atoms with van der Waals surface area (Å²) in [5, 5.41) is 11.8. The molecule has 2 amide bonds. The van der Waals surface area contributed by atoms with E-state index in [1.165, 1.54) is 22.7 Å². The zero-order valence-corrected chi connectivity index (χ0v) is 21.1. The van der Waals surface area contributed by atoms with Crippen LogP contribution >= 0.6 is 22.7 Å². The molecule has 2 aromatic heterocycles. The molecule has 0 spiro atoms. The first-order chi connectivity index (χ1) is 16.9. The molecule has 35 heavy (non-hydrogen) atoms. The second-order valence-corrected chi connectivity index (χ2v) is 8.95. The molecule has 0 fully saturated rings.